The van der Waals surface area contributed by atoms with Crippen LogP contribution in [0.4, 0.5) is 5.82 Å². The molecule has 0 saturated carbocycles. The predicted octanol–water partition coefficient (Wildman–Crippen LogP) is 2.45. The third-order valence-electron chi connectivity index (χ3n) is 4.13. The van der Waals surface area contributed by atoms with E-state index in [1.165, 1.54) is 6.33 Å². The standard InChI is InChI=1S/C18H14N8/c1-2-6-13(7-3-1)14-10-16(26-18(22-14)20-12-21-26)19-11-17-24-23-15-8-4-5-9-25(15)17/h1-10,12,19H,11H2. The molecule has 8 nitrogen and oxygen atoms in total. The molecule has 0 unspecified atom stereocenters. The van der Waals surface area contributed by atoms with Crippen LogP contribution in [0.25, 0.3) is 22.7 Å². The van der Waals surface area contributed by atoms with E-state index >= 15 is 0 Å². The largest absolute Gasteiger partial charge is 0.363 e. The van der Waals surface area contributed by atoms with Crippen molar-refractivity contribution in [2.24, 2.45) is 0 Å². The zero-order valence-electron chi connectivity index (χ0n) is 13.7. The summed E-state index contributed by atoms with van der Waals surface area (Å²) in [5.74, 6) is 2.14. The van der Waals surface area contributed by atoms with Crippen LogP contribution in [0, 0.1) is 0 Å². The molecule has 0 aliphatic carbocycles. The van der Waals surface area contributed by atoms with Gasteiger partial charge in [-0.2, -0.15) is 14.6 Å². The Labute approximate surface area is 148 Å². The van der Waals surface area contributed by atoms with Gasteiger partial charge in [0.1, 0.15) is 12.1 Å². The number of pyridine rings is 1. The zero-order valence-corrected chi connectivity index (χ0v) is 13.7. The fourth-order valence-corrected chi connectivity index (χ4v) is 2.88. The van der Waals surface area contributed by atoms with Crippen LogP contribution in [0.3, 0.4) is 0 Å². The molecule has 4 heterocycles. The lowest BCUT2D eigenvalue weighted by molar-refractivity contribution is 0.880. The van der Waals surface area contributed by atoms with Crippen LogP contribution >= 0.6 is 0 Å². The van der Waals surface area contributed by atoms with Crippen molar-refractivity contribution in [1.29, 1.82) is 0 Å². The maximum Gasteiger partial charge on any atom is 0.254 e. The minimum absolute atomic E-state index is 0.498. The van der Waals surface area contributed by atoms with Crippen LogP contribution in [0.15, 0.2) is 67.1 Å². The van der Waals surface area contributed by atoms with Crippen LogP contribution in [0.2, 0.25) is 0 Å². The van der Waals surface area contributed by atoms with Gasteiger partial charge in [0.15, 0.2) is 11.5 Å². The van der Waals surface area contributed by atoms with E-state index < -0.39 is 0 Å². The van der Waals surface area contributed by atoms with E-state index in [1.54, 1.807) is 4.52 Å². The Morgan fingerprint density at radius 2 is 1.85 bits per heavy atom. The third kappa shape index (κ3) is 2.44. The molecule has 0 radical (unpaired) electrons. The molecule has 5 rings (SSSR count). The average molecular weight is 342 g/mol. The Morgan fingerprint density at radius 3 is 2.77 bits per heavy atom. The summed E-state index contributed by atoms with van der Waals surface area (Å²) in [5.41, 5.74) is 2.67. The molecular weight excluding hydrogens is 328 g/mol. The summed E-state index contributed by atoms with van der Waals surface area (Å²) >= 11 is 0. The maximum atomic E-state index is 4.58. The highest BCUT2D eigenvalue weighted by molar-refractivity contribution is 5.65. The molecule has 0 aliphatic rings. The number of nitrogens with zero attached hydrogens (tertiary/aromatic N) is 7. The zero-order chi connectivity index (χ0) is 17.3. The van der Waals surface area contributed by atoms with Crippen LogP contribution in [-0.2, 0) is 6.54 Å². The Hall–Kier alpha value is -3.81. The van der Waals surface area contributed by atoms with E-state index in [-0.39, 0.29) is 0 Å². The summed E-state index contributed by atoms with van der Waals surface area (Å²) in [5, 5.41) is 16.1. The topological polar surface area (TPSA) is 85.3 Å². The second-order valence-electron chi connectivity index (χ2n) is 5.76. The molecule has 0 bridgehead atoms. The van der Waals surface area contributed by atoms with Crippen LogP contribution < -0.4 is 5.32 Å². The normalized spacial score (nSPS) is 11.2. The maximum absolute atomic E-state index is 4.58. The summed E-state index contributed by atoms with van der Waals surface area (Å²) in [6.45, 7) is 0.498. The smallest absolute Gasteiger partial charge is 0.254 e. The Kier molecular flexibility index (Phi) is 3.31. The molecule has 4 aromatic heterocycles. The van der Waals surface area contributed by atoms with Crippen molar-refractivity contribution in [2.45, 2.75) is 6.54 Å². The van der Waals surface area contributed by atoms with Gasteiger partial charge in [-0.15, -0.1) is 10.2 Å². The third-order valence-corrected chi connectivity index (χ3v) is 4.13. The summed E-state index contributed by atoms with van der Waals surface area (Å²) in [6, 6.07) is 17.8. The van der Waals surface area contributed by atoms with Crippen LogP contribution in [0.1, 0.15) is 5.82 Å². The fourth-order valence-electron chi connectivity index (χ4n) is 2.88. The Bertz CT molecular complexity index is 1190. The number of fused-ring (bicyclic) bond motifs is 2. The van der Waals surface area contributed by atoms with Crippen molar-refractivity contribution in [3.63, 3.8) is 0 Å². The van der Waals surface area contributed by atoms with E-state index in [1.807, 2.05) is 65.2 Å². The number of hydrogen-bond acceptors (Lipinski definition) is 6. The van der Waals surface area contributed by atoms with E-state index in [9.17, 15) is 0 Å². The van der Waals surface area contributed by atoms with Gasteiger partial charge in [0.05, 0.1) is 12.2 Å². The highest BCUT2D eigenvalue weighted by Crippen LogP contribution is 2.21. The van der Waals surface area contributed by atoms with Gasteiger partial charge in [0.25, 0.3) is 5.78 Å². The van der Waals surface area contributed by atoms with Gasteiger partial charge >= 0.3 is 0 Å². The summed E-state index contributed by atoms with van der Waals surface area (Å²) < 4.78 is 3.63. The van der Waals surface area contributed by atoms with Crippen molar-refractivity contribution >= 4 is 17.2 Å². The number of anilines is 1. The van der Waals surface area contributed by atoms with Crippen LogP contribution in [-0.4, -0.2) is 34.2 Å². The van der Waals surface area contributed by atoms with E-state index in [4.69, 9.17) is 0 Å². The number of benzene rings is 1. The fraction of sp³-hybridized carbons (Fsp3) is 0.0556. The molecule has 0 aliphatic heterocycles. The first-order valence-corrected chi connectivity index (χ1v) is 8.17. The monoisotopic (exact) mass is 342 g/mol. The van der Waals surface area contributed by atoms with Crippen molar-refractivity contribution in [1.82, 2.24) is 34.2 Å². The van der Waals surface area contributed by atoms with Gasteiger partial charge in [-0.25, -0.2) is 4.98 Å². The molecule has 8 heteroatoms. The first-order chi connectivity index (χ1) is 12.9. The van der Waals surface area contributed by atoms with Gasteiger partial charge in [0.2, 0.25) is 0 Å². The molecule has 26 heavy (non-hydrogen) atoms. The number of hydrogen-bond donors (Lipinski definition) is 1. The molecule has 0 fully saturated rings. The van der Waals surface area contributed by atoms with Crippen molar-refractivity contribution in [3.8, 4) is 11.3 Å². The predicted molar refractivity (Wildman–Crippen MR) is 96.5 cm³/mol. The first-order valence-electron chi connectivity index (χ1n) is 8.17. The highest BCUT2D eigenvalue weighted by Gasteiger charge is 2.10. The molecule has 1 aromatic carbocycles. The molecule has 126 valence electrons. The minimum atomic E-state index is 0.498. The van der Waals surface area contributed by atoms with Crippen molar-refractivity contribution in [2.75, 3.05) is 5.32 Å². The number of aromatic nitrogens is 7. The summed E-state index contributed by atoms with van der Waals surface area (Å²) in [6.07, 6.45) is 3.44. The van der Waals surface area contributed by atoms with E-state index in [0.717, 1.165) is 28.5 Å². The number of rotatable bonds is 4. The molecule has 0 atom stereocenters. The van der Waals surface area contributed by atoms with E-state index in [0.29, 0.717) is 12.3 Å². The minimum Gasteiger partial charge on any atom is -0.363 e. The highest BCUT2D eigenvalue weighted by atomic mass is 15.4. The van der Waals surface area contributed by atoms with Crippen molar-refractivity contribution in [3.05, 3.63) is 72.9 Å². The Balaban J connectivity index is 1.53. The Morgan fingerprint density at radius 1 is 0.962 bits per heavy atom. The molecule has 0 spiro atoms. The molecule has 5 aromatic rings. The first kappa shape index (κ1) is 14.5. The SMILES string of the molecule is c1ccc(-c2cc(NCc3nnc4ccccn34)n3ncnc3n2)cc1. The molecule has 0 saturated heterocycles. The van der Waals surface area contributed by atoms with Crippen LogP contribution in [0.5, 0.6) is 0 Å². The second-order valence-corrected chi connectivity index (χ2v) is 5.76. The van der Waals surface area contributed by atoms with Gasteiger partial charge in [-0.1, -0.05) is 36.4 Å². The van der Waals surface area contributed by atoms with Crippen molar-refractivity contribution < 1.29 is 0 Å². The lowest BCUT2D eigenvalue weighted by atomic mass is 10.1. The summed E-state index contributed by atoms with van der Waals surface area (Å²) in [7, 11) is 0. The summed E-state index contributed by atoms with van der Waals surface area (Å²) in [4.78, 5) is 8.81. The van der Waals surface area contributed by atoms with Gasteiger partial charge in [-0.3, -0.25) is 4.40 Å². The average Bonchev–Trinajstić information content (AvgIpc) is 3.33. The molecular formula is C18H14N8. The molecule has 1 N–H and O–H groups in total. The lowest BCUT2D eigenvalue weighted by Gasteiger charge is -2.09. The second kappa shape index (κ2) is 5.92. The van der Waals surface area contributed by atoms with Gasteiger partial charge in [-0.05, 0) is 12.1 Å². The number of nitrogens with one attached hydrogen (secondary N) is 1. The quantitative estimate of drug-likeness (QED) is 0.540. The van der Waals surface area contributed by atoms with E-state index in [2.05, 4.69) is 30.6 Å². The van der Waals surface area contributed by atoms with Gasteiger partial charge < -0.3 is 5.32 Å². The lowest BCUT2D eigenvalue weighted by Crippen LogP contribution is -2.09. The van der Waals surface area contributed by atoms with Gasteiger partial charge in [0, 0.05) is 17.8 Å². The molecule has 0 amide bonds.